The van der Waals surface area contributed by atoms with Crippen molar-refractivity contribution in [1.82, 2.24) is 4.90 Å². The van der Waals surface area contributed by atoms with E-state index in [1.54, 1.807) is 24.3 Å². The Hall–Kier alpha value is -2.66. The van der Waals surface area contributed by atoms with Gasteiger partial charge in [0, 0.05) is 23.3 Å². The van der Waals surface area contributed by atoms with Gasteiger partial charge in [0.05, 0.1) is 16.2 Å². The predicted octanol–water partition coefficient (Wildman–Crippen LogP) is 3.01. The zero-order chi connectivity index (χ0) is 16.4. The number of rotatable bonds is 1. The first-order chi connectivity index (χ1) is 11.7. The lowest BCUT2D eigenvalue weighted by Gasteiger charge is -2.18. The molecular formula is C19H11NO3S. The third-order valence-electron chi connectivity index (χ3n) is 4.64. The summed E-state index contributed by atoms with van der Waals surface area (Å²) in [5.41, 5.74) is 4.21. The fourth-order valence-corrected chi connectivity index (χ4v) is 4.78. The Morgan fingerprint density at radius 1 is 0.958 bits per heavy atom. The van der Waals surface area contributed by atoms with Crippen molar-refractivity contribution in [2.24, 2.45) is 0 Å². The molecule has 116 valence electrons. The fourth-order valence-electron chi connectivity index (χ4n) is 3.59. The summed E-state index contributed by atoms with van der Waals surface area (Å²) < 4.78 is 0. The second-order valence-electron chi connectivity index (χ2n) is 5.99. The second kappa shape index (κ2) is 4.68. The van der Waals surface area contributed by atoms with Gasteiger partial charge in [-0.05, 0) is 29.4 Å². The average molecular weight is 333 g/mol. The van der Waals surface area contributed by atoms with E-state index in [4.69, 9.17) is 0 Å². The second-order valence-corrected chi connectivity index (χ2v) is 6.95. The number of ketones is 1. The lowest BCUT2D eigenvalue weighted by Crippen LogP contribution is -2.28. The lowest BCUT2D eigenvalue weighted by atomic mass is 9.94. The highest BCUT2D eigenvalue weighted by molar-refractivity contribution is 8.03. The van der Waals surface area contributed by atoms with Crippen molar-refractivity contribution in [3.8, 4) is 0 Å². The summed E-state index contributed by atoms with van der Waals surface area (Å²) >= 11 is 1.45. The molecule has 0 unspecified atom stereocenters. The summed E-state index contributed by atoms with van der Waals surface area (Å²) in [5, 5.41) is 0.598. The number of hydrogen-bond donors (Lipinski definition) is 0. The number of fused-ring (bicyclic) bond motifs is 3. The summed E-state index contributed by atoms with van der Waals surface area (Å²) in [5.74, 6) is 0.108. The van der Waals surface area contributed by atoms with Gasteiger partial charge in [-0.1, -0.05) is 24.3 Å². The molecule has 2 amide bonds. The Morgan fingerprint density at radius 3 is 2.38 bits per heavy atom. The summed E-state index contributed by atoms with van der Waals surface area (Å²) in [6.45, 7) is 0. The van der Waals surface area contributed by atoms with Crippen LogP contribution in [0, 0.1) is 0 Å². The molecule has 0 fully saturated rings. The molecule has 2 aliphatic carbocycles. The first-order valence-electron chi connectivity index (χ1n) is 7.67. The van der Waals surface area contributed by atoms with E-state index in [0.717, 1.165) is 16.7 Å². The van der Waals surface area contributed by atoms with Gasteiger partial charge in [0.15, 0.2) is 5.78 Å². The molecule has 0 radical (unpaired) electrons. The van der Waals surface area contributed by atoms with Crippen LogP contribution in [-0.4, -0.2) is 28.3 Å². The third-order valence-corrected chi connectivity index (χ3v) is 5.76. The van der Waals surface area contributed by atoms with Gasteiger partial charge < -0.3 is 0 Å². The minimum atomic E-state index is -0.306. The van der Waals surface area contributed by atoms with Gasteiger partial charge in [-0.2, -0.15) is 0 Å². The highest BCUT2D eigenvalue weighted by atomic mass is 32.2. The predicted molar refractivity (Wildman–Crippen MR) is 90.3 cm³/mol. The van der Waals surface area contributed by atoms with Crippen molar-refractivity contribution in [2.45, 2.75) is 6.42 Å². The molecular weight excluding hydrogens is 322 g/mol. The van der Waals surface area contributed by atoms with Gasteiger partial charge in [-0.25, -0.2) is 4.90 Å². The highest BCUT2D eigenvalue weighted by Crippen LogP contribution is 2.49. The van der Waals surface area contributed by atoms with Crippen molar-refractivity contribution in [3.63, 3.8) is 0 Å². The molecule has 0 atom stereocenters. The van der Waals surface area contributed by atoms with Crippen LogP contribution >= 0.6 is 11.8 Å². The van der Waals surface area contributed by atoms with Crippen LogP contribution in [0.15, 0.2) is 69.8 Å². The van der Waals surface area contributed by atoms with E-state index in [0.29, 0.717) is 33.9 Å². The zero-order valence-corrected chi connectivity index (χ0v) is 13.4. The van der Waals surface area contributed by atoms with E-state index >= 15 is 0 Å². The van der Waals surface area contributed by atoms with Crippen LogP contribution in [0.25, 0.3) is 0 Å². The van der Waals surface area contributed by atoms with Gasteiger partial charge in [-0.15, -0.1) is 11.8 Å². The Labute approximate surface area is 142 Å². The quantitative estimate of drug-likeness (QED) is 0.742. The average Bonchev–Trinajstić information content (AvgIpc) is 3.21. The van der Waals surface area contributed by atoms with Crippen molar-refractivity contribution in [3.05, 3.63) is 80.9 Å². The smallest absolute Gasteiger partial charge is 0.266 e. The molecule has 5 heteroatoms. The van der Waals surface area contributed by atoms with E-state index in [1.807, 2.05) is 18.2 Å². The number of benzene rings is 1. The maximum absolute atomic E-state index is 12.7. The lowest BCUT2D eigenvalue weighted by molar-refractivity contribution is -0.114. The number of imide groups is 1. The van der Waals surface area contributed by atoms with E-state index in [9.17, 15) is 14.4 Å². The SMILES string of the molecule is O=C1CC=CC2=C1C1=C(N3C(=O)c4ccccc4C3=O)SCC1=C2. The van der Waals surface area contributed by atoms with Crippen LogP contribution in [0.4, 0.5) is 0 Å². The monoisotopic (exact) mass is 333 g/mol. The van der Waals surface area contributed by atoms with Crippen LogP contribution in [0.5, 0.6) is 0 Å². The van der Waals surface area contributed by atoms with Crippen LogP contribution in [0.3, 0.4) is 0 Å². The van der Waals surface area contributed by atoms with Crippen LogP contribution in [-0.2, 0) is 4.79 Å². The van der Waals surface area contributed by atoms with Crippen LogP contribution in [0.2, 0.25) is 0 Å². The van der Waals surface area contributed by atoms with Gasteiger partial charge in [-0.3, -0.25) is 14.4 Å². The minimum absolute atomic E-state index is 0.0466. The first kappa shape index (κ1) is 13.7. The molecule has 5 rings (SSSR count). The van der Waals surface area contributed by atoms with Gasteiger partial charge >= 0.3 is 0 Å². The summed E-state index contributed by atoms with van der Waals surface area (Å²) in [6, 6.07) is 6.85. The van der Waals surface area contributed by atoms with Gasteiger partial charge in [0.25, 0.3) is 11.8 Å². The Bertz CT molecular complexity index is 959. The summed E-state index contributed by atoms with van der Waals surface area (Å²) in [6.07, 6.45) is 6.16. The van der Waals surface area contributed by atoms with E-state index in [2.05, 4.69) is 0 Å². The molecule has 0 saturated carbocycles. The molecule has 2 aliphatic heterocycles. The van der Waals surface area contributed by atoms with E-state index < -0.39 is 0 Å². The van der Waals surface area contributed by atoms with Gasteiger partial charge in [0.2, 0.25) is 0 Å². The summed E-state index contributed by atoms with van der Waals surface area (Å²) in [7, 11) is 0. The topological polar surface area (TPSA) is 54.5 Å². The van der Waals surface area contributed by atoms with Crippen molar-refractivity contribution < 1.29 is 14.4 Å². The summed E-state index contributed by atoms with van der Waals surface area (Å²) in [4.78, 5) is 39.1. The number of allylic oxidation sites excluding steroid dienone is 6. The molecule has 0 bridgehead atoms. The molecule has 24 heavy (non-hydrogen) atoms. The van der Waals surface area contributed by atoms with Crippen molar-refractivity contribution in [2.75, 3.05) is 5.75 Å². The number of hydrogen-bond acceptors (Lipinski definition) is 4. The van der Waals surface area contributed by atoms with E-state index in [-0.39, 0.29) is 17.6 Å². The highest BCUT2D eigenvalue weighted by Gasteiger charge is 2.43. The Kier molecular flexibility index (Phi) is 2.68. The normalized spacial score (nSPS) is 21.6. The maximum Gasteiger partial charge on any atom is 0.266 e. The molecule has 4 aliphatic rings. The van der Waals surface area contributed by atoms with Crippen LogP contribution < -0.4 is 0 Å². The fraction of sp³-hybridized carbons (Fsp3) is 0.105. The van der Waals surface area contributed by atoms with E-state index in [1.165, 1.54) is 16.7 Å². The molecule has 4 nitrogen and oxygen atoms in total. The molecule has 1 aromatic carbocycles. The van der Waals surface area contributed by atoms with Crippen LogP contribution in [0.1, 0.15) is 27.1 Å². The molecule has 0 N–H and O–H groups in total. The van der Waals surface area contributed by atoms with Gasteiger partial charge in [0.1, 0.15) is 0 Å². The number of nitrogens with zero attached hydrogens (tertiary/aromatic N) is 1. The standard InChI is InChI=1S/C19H11NO3S/c21-14-7-3-4-10-8-11-9-24-19(16(11)15(10)14)20-17(22)12-5-1-2-6-13(12)18(20)23/h1-6,8H,7,9H2. The third kappa shape index (κ3) is 1.62. The molecule has 0 aromatic heterocycles. The largest absolute Gasteiger partial charge is 0.294 e. The molecule has 0 saturated heterocycles. The van der Waals surface area contributed by atoms with Crippen molar-refractivity contribution >= 4 is 29.4 Å². The number of thioether (sulfide) groups is 1. The zero-order valence-electron chi connectivity index (χ0n) is 12.5. The molecule has 0 spiro atoms. The number of carbonyl (C=O) groups excluding carboxylic acids is 3. The number of carbonyl (C=O) groups is 3. The number of Topliss-reactive ketones (excluding diaryl/α,β-unsaturated/α-hetero) is 1. The number of amides is 2. The molecule has 1 aromatic rings. The Morgan fingerprint density at radius 2 is 1.67 bits per heavy atom. The Balaban J connectivity index is 1.69. The molecule has 2 heterocycles. The van der Waals surface area contributed by atoms with Crippen molar-refractivity contribution in [1.29, 1.82) is 0 Å². The maximum atomic E-state index is 12.7. The first-order valence-corrected chi connectivity index (χ1v) is 8.65. The minimum Gasteiger partial charge on any atom is -0.294 e.